The van der Waals surface area contributed by atoms with Crippen molar-refractivity contribution in [3.63, 3.8) is 0 Å². The molecule has 0 heterocycles. The van der Waals surface area contributed by atoms with Crippen LogP contribution >= 0.6 is 0 Å². The van der Waals surface area contributed by atoms with Crippen LogP contribution in [0.4, 0.5) is 5.69 Å². The summed E-state index contributed by atoms with van der Waals surface area (Å²) in [6.45, 7) is 0. The van der Waals surface area contributed by atoms with Gasteiger partial charge in [-0.15, -0.1) is 0 Å². The third kappa shape index (κ3) is 4.11. The Kier molecular flexibility index (Phi) is 4.07. The summed E-state index contributed by atoms with van der Waals surface area (Å²) < 4.78 is 26.7. The topological polar surface area (TPSA) is 95.4 Å². The van der Waals surface area contributed by atoms with Gasteiger partial charge in [-0.05, 0) is 23.8 Å². The highest BCUT2D eigenvalue weighted by molar-refractivity contribution is 7.84. The first-order chi connectivity index (χ1) is 9.44. The molecule has 0 saturated heterocycles. The summed E-state index contributed by atoms with van der Waals surface area (Å²) in [5.74, 6) is 0.182. The molecule has 0 spiro atoms. The maximum atomic E-state index is 11.0. The van der Waals surface area contributed by atoms with Crippen LogP contribution in [0.15, 0.2) is 48.5 Å². The maximum Gasteiger partial charge on any atom is 0.380 e. The molecule has 0 radical (unpaired) electrons. The minimum atomic E-state index is -4.04. The van der Waals surface area contributed by atoms with E-state index in [9.17, 15) is 8.42 Å². The van der Waals surface area contributed by atoms with Gasteiger partial charge in [-0.1, -0.05) is 42.5 Å². The fourth-order valence-corrected chi connectivity index (χ4v) is 2.01. The number of benzene rings is 2. The van der Waals surface area contributed by atoms with Gasteiger partial charge in [0.15, 0.2) is 5.75 Å². The van der Waals surface area contributed by atoms with Crippen molar-refractivity contribution >= 4 is 28.1 Å². The van der Waals surface area contributed by atoms with Crippen LogP contribution in [-0.4, -0.2) is 8.42 Å². The van der Waals surface area contributed by atoms with Crippen molar-refractivity contribution < 1.29 is 12.6 Å². The average molecular weight is 290 g/mol. The van der Waals surface area contributed by atoms with Gasteiger partial charge in [0.2, 0.25) is 0 Å². The van der Waals surface area contributed by atoms with Crippen molar-refractivity contribution in [2.75, 3.05) is 5.73 Å². The van der Waals surface area contributed by atoms with E-state index in [1.54, 1.807) is 36.4 Å². The average Bonchev–Trinajstić information content (AvgIpc) is 2.38. The standard InChI is InChI=1S/C14H14N2O3S/c15-13-9-6-11(7-10-13)5-8-12-3-1-2-4-14(12)19-20(16,17)18/h1-10H,15H2,(H2,16,17,18). The Morgan fingerprint density at radius 3 is 2.25 bits per heavy atom. The highest BCUT2D eigenvalue weighted by Crippen LogP contribution is 2.21. The molecule has 6 heteroatoms. The normalized spacial score (nSPS) is 11.7. The Bertz CT molecular complexity index is 722. The monoisotopic (exact) mass is 290 g/mol. The summed E-state index contributed by atoms with van der Waals surface area (Å²) in [4.78, 5) is 0. The number of hydrogen-bond donors (Lipinski definition) is 2. The van der Waals surface area contributed by atoms with Crippen LogP contribution < -0.4 is 15.1 Å². The minimum absolute atomic E-state index is 0.182. The molecule has 2 aromatic carbocycles. The Labute approximate surface area is 117 Å². The van der Waals surface area contributed by atoms with Gasteiger partial charge < -0.3 is 9.92 Å². The fraction of sp³-hybridized carbons (Fsp3) is 0. The van der Waals surface area contributed by atoms with E-state index in [0.29, 0.717) is 11.3 Å². The van der Waals surface area contributed by atoms with Crippen molar-refractivity contribution in [2.24, 2.45) is 5.14 Å². The zero-order chi connectivity index (χ0) is 14.6. The molecule has 0 atom stereocenters. The largest absolute Gasteiger partial charge is 0.399 e. The Morgan fingerprint density at radius 2 is 1.60 bits per heavy atom. The van der Waals surface area contributed by atoms with Crippen molar-refractivity contribution in [1.82, 2.24) is 0 Å². The lowest BCUT2D eigenvalue weighted by Gasteiger charge is -2.05. The minimum Gasteiger partial charge on any atom is -0.399 e. The van der Waals surface area contributed by atoms with Crippen molar-refractivity contribution in [1.29, 1.82) is 0 Å². The van der Waals surface area contributed by atoms with E-state index in [2.05, 4.69) is 0 Å². The second-order valence-electron chi connectivity index (χ2n) is 4.11. The van der Waals surface area contributed by atoms with E-state index < -0.39 is 10.3 Å². The van der Waals surface area contributed by atoms with Crippen LogP contribution in [0.5, 0.6) is 5.75 Å². The third-order valence-electron chi connectivity index (χ3n) is 2.52. The van der Waals surface area contributed by atoms with Gasteiger partial charge in [0, 0.05) is 11.3 Å². The van der Waals surface area contributed by atoms with E-state index in [0.717, 1.165) is 5.56 Å². The molecule has 0 amide bonds. The van der Waals surface area contributed by atoms with Crippen molar-refractivity contribution in [2.45, 2.75) is 0 Å². The molecule has 0 unspecified atom stereocenters. The lowest BCUT2D eigenvalue weighted by molar-refractivity contribution is 0.487. The predicted molar refractivity (Wildman–Crippen MR) is 80.0 cm³/mol. The molecule has 104 valence electrons. The summed E-state index contributed by atoms with van der Waals surface area (Å²) in [5.41, 5.74) is 7.83. The number of rotatable bonds is 4. The van der Waals surface area contributed by atoms with E-state index >= 15 is 0 Å². The predicted octanol–water partition coefficient (Wildman–Crippen LogP) is 2.02. The quantitative estimate of drug-likeness (QED) is 0.665. The Morgan fingerprint density at radius 1 is 0.950 bits per heavy atom. The van der Waals surface area contributed by atoms with Gasteiger partial charge in [0.05, 0.1) is 0 Å². The van der Waals surface area contributed by atoms with Crippen molar-refractivity contribution in [3.05, 3.63) is 59.7 Å². The smallest absolute Gasteiger partial charge is 0.380 e. The molecule has 20 heavy (non-hydrogen) atoms. The number of hydrogen-bond acceptors (Lipinski definition) is 4. The summed E-state index contributed by atoms with van der Waals surface area (Å²) >= 11 is 0. The van der Waals surface area contributed by atoms with E-state index in [1.165, 1.54) is 6.07 Å². The molecule has 0 aliphatic heterocycles. The number of nitrogen functional groups attached to an aromatic ring is 1. The van der Waals surface area contributed by atoms with Crippen LogP contribution in [0.3, 0.4) is 0 Å². The molecule has 0 fully saturated rings. The molecule has 4 N–H and O–H groups in total. The maximum absolute atomic E-state index is 11.0. The second-order valence-corrected chi connectivity index (χ2v) is 5.27. The summed E-state index contributed by atoms with van der Waals surface area (Å²) in [6.07, 6.45) is 3.57. The molecular formula is C14H14N2O3S. The van der Waals surface area contributed by atoms with E-state index in [1.807, 2.05) is 18.2 Å². The second kappa shape index (κ2) is 5.77. The van der Waals surface area contributed by atoms with Crippen LogP contribution in [0.1, 0.15) is 11.1 Å². The first-order valence-corrected chi connectivity index (χ1v) is 7.26. The number of anilines is 1. The first kappa shape index (κ1) is 14.1. The van der Waals surface area contributed by atoms with Gasteiger partial charge in [-0.25, -0.2) is 0 Å². The van der Waals surface area contributed by atoms with Crippen LogP contribution in [0, 0.1) is 0 Å². The van der Waals surface area contributed by atoms with Gasteiger partial charge in [0.1, 0.15) is 0 Å². The zero-order valence-electron chi connectivity index (χ0n) is 10.6. The molecule has 0 bridgehead atoms. The molecular weight excluding hydrogens is 276 g/mol. The first-order valence-electron chi connectivity index (χ1n) is 5.79. The molecule has 0 aromatic heterocycles. The van der Waals surface area contributed by atoms with Gasteiger partial charge in [-0.3, -0.25) is 0 Å². The molecule has 0 aliphatic carbocycles. The lowest BCUT2D eigenvalue weighted by atomic mass is 10.1. The van der Waals surface area contributed by atoms with Crippen LogP contribution in [-0.2, 0) is 10.3 Å². The fourth-order valence-electron chi connectivity index (χ4n) is 1.61. The van der Waals surface area contributed by atoms with Gasteiger partial charge in [0.25, 0.3) is 0 Å². The molecule has 0 saturated carbocycles. The Hall–Kier alpha value is -2.31. The molecule has 5 nitrogen and oxygen atoms in total. The molecule has 2 aromatic rings. The molecule has 0 aliphatic rings. The highest BCUT2D eigenvalue weighted by Gasteiger charge is 2.07. The van der Waals surface area contributed by atoms with Gasteiger partial charge >= 0.3 is 10.3 Å². The number of para-hydroxylation sites is 1. The number of nitrogens with two attached hydrogens (primary N) is 2. The molecule has 2 rings (SSSR count). The zero-order valence-corrected chi connectivity index (χ0v) is 11.4. The summed E-state index contributed by atoms with van der Waals surface area (Å²) in [5, 5.41) is 4.87. The summed E-state index contributed by atoms with van der Waals surface area (Å²) in [7, 11) is -4.04. The van der Waals surface area contributed by atoms with Crippen LogP contribution in [0.2, 0.25) is 0 Å². The van der Waals surface area contributed by atoms with E-state index in [4.69, 9.17) is 15.1 Å². The Balaban J connectivity index is 2.27. The van der Waals surface area contributed by atoms with Gasteiger partial charge in [-0.2, -0.15) is 13.6 Å². The highest BCUT2D eigenvalue weighted by atomic mass is 32.2. The van der Waals surface area contributed by atoms with E-state index in [-0.39, 0.29) is 5.75 Å². The SMILES string of the molecule is Nc1ccc(C=Cc2ccccc2OS(N)(=O)=O)cc1. The van der Waals surface area contributed by atoms with Crippen LogP contribution in [0.25, 0.3) is 12.2 Å². The lowest BCUT2D eigenvalue weighted by Crippen LogP contribution is -2.19. The van der Waals surface area contributed by atoms with Crippen molar-refractivity contribution in [3.8, 4) is 5.75 Å². The third-order valence-corrected chi connectivity index (χ3v) is 2.93. The summed E-state index contributed by atoms with van der Waals surface area (Å²) in [6, 6.07) is 14.0.